The minimum Gasteiger partial charge on any atom is -0.448 e. The number of hydrogen-bond donors (Lipinski definition) is 1. The predicted octanol–water partition coefficient (Wildman–Crippen LogP) is 3.71. The lowest BCUT2D eigenvalue weighted by atomic mass is 10.0. The molecule has 36 heavy (non-hydrogen) atoms. The topological polar surface area (TPSA) is 88.6 Å². The molecule has 0 radical (unpaired) electrons. The standard InChI is InChI=1S/C28H23N3O4S/c32-18-30-23-26(33)31-24(22(17-36-27(23)31)14-13-19-8-7-15-29-16-19)28(34)35-25(20-9-3-1-4-10-20)21-11-5-2-6-12-21/h1-16,18,23,25,27H,17H2,(H,30,32)/b14-13+/t23-,27+/m1/s1. The van der Waals surface area contributed by atoms with Gasteiger partial charge in [-0.2, -0.15) is 0 Å². The Labute approximate surface area is 212 Å². The molecule has 0 saturated carbocycles. The van der Waals surface area contributed by atoms with Crippen molar-refractivity contribution in [3.63, 3.8) is 0 Å². The number of esters is 1. The van der Waals surface area contributed by atoms with Gasteiger partial charge in [0.2, 0.25) is 6.41 Å². The van der Waals surface area contributed by atoms with E-state index in [-0.39, 0.29) is 17.0 Å². The molecule has 1 fully saturated rings. The van der Waals surface area contributed by atoms with Crippen LogP contribution in [0.5, 0.6) is 0 Å². The molecule has 2 aliphatic heterocycles. The molecular weight excluding hydrogens is 474 g/mol. The van der Waals surface area contributed by atoms with Gasteiger partial charge < -0.3 is 10.1 Å². The number of hydrogen-bond acceptors (Lipinski definition) is 6. The Morgan fingerprint density at radius 1 is 1.03 bits per heavy atom. The highest BCUT2D eigenvalue weighted by Gasteiger charge is 2.53. The normalized spacial score (nSPS) is 19.1. The lowest BCUT2D eigenvalue weighted by Gasteiger charge is -2.49. The highest BCUT2D eigenvalue weighted by Crippen LogP contribution is 2.42. The van der Waals surface area contributed by atoms with Gasteiger partial charge in [0.05, 0.1) is 0 Å². The number of β-lactam (4-membered cyclic amide) rings is 1. The van der Waals surface area contributed by atoms with Crippen molar-refractivity contribution in [2.75, 3.05) is 5.75 Å². The van der Waals surface area contributed by atoms with Gasteiger partial charge in [-0.05, 0) is 28.3 Å². The van der Waals surface area contributed by atoms with Crippen molar-refractivity contribution in [2.24, 2.45) is 0 Å². The number of nitrogens with zero attached hydrogens (tertiary/aromatic N) is 2. The Hall–Kier alpha value is -4.17. The van der Waals surface area contributed by atoms with E-state index in [0.717, 1.165) is 16.7 Å². The minimum atomic E-state index is -0.668. The van der Waals surface area contributed by atoms with Gasteiger partial charge >= 0.3 is 5.97 Å². The van der Waals surface area contributed by atoms with Gasteiger partial charge in [0.1, 0.15) is 17.1 Å². The Balaban J connectivity index is 1.51. The number of pyridine rings is 1. The number of carbonyl (C=O) groups excluding carboxylic acids is 3. The zero-order valence-corrected chi connectivity index (χ0v) is 20.0. The zero-order valence-electron chi connectivity index (χ0n) is 19.2. The number of amides is 2. The van der Waals surface area contributed by atoms with Gasteiger partial charge in [-0.25, -0.2) is 4.79 Å². The Bertz CT molecular complexity index is 1270. The number of aromatic nitrogens is 1. The molecule has 2 aliphatic rings. The van der Waals surface area contributed by atoms with E-state index in [1.807, 2.05) is 84.9 Å². The molecule has 7 nitrogen and oxygen atoms in total. The average molecular weight is 498 g/mol. The number of thioether (sulfide) groups is 1. The molecule has 0 bridgehead atoms. The smallest absolute Gasteiger partial charge is 0.356 e. The van der Waals surface area contributed by atoms with Crippen LogP contribution < -0.4 is 5.32 Å². The van der Waals surface area contributed by atoms with Crippen molar-refractivity contribution in [3.05, 3.63) is 119 Å². The first kappa shape index (κ1) is 23.6. The number of ether oxygens (including phenoxy) is 1. The second-order valence-corrected chi connectivity index (χ2v) is 9.38. The molecule has 1 aromatic heterocycles. The van der Waals surface area contributed by atoms with Crippen molar-refractivity contribution < 1.29 is 19.1 Å². The minimum absolute atomic E-state index is 0.199. The molecule has 1 saturated heterocycles. The summed E-state index contributed by atoms with van der Waals surface area (Å²) < 4.78 is 6.10. The summed E-state index contributed by atoms with van der Waals surface area (Å²) in [6.07, 6.45) is 6.95. The molecule has 2 aromatic carbocycles. The van der Waals surface area contributed by atoms with Gasteiger partial charge in [0.25, 0.3) is 5.91 Å². The fraction of sp³-hybridized carbons (Fsp3) is 0.143. The van der Waals surface area contributed by atoms with Gasteiger partial charge in [-0.1, -0.05) is 78.9 Å². The van der Waals surface area contributed by atoms with Crippen LogP contribution in [0.2, 0.25) is 0 Å². The van der Waals surface area contributed by atoms with Crippen molar-refractivity contribution in [2.45, 2.75) is 17.5 Å². The number of allylic oxidation sites excluding steroid dienone is 1. The maximum Gasteiger partial charge on any atom is 0.356 e. The van der Waals surface area contributed by atoms with Crippen molar-refractivity contribution in [3.8, 4) is 0 Å². The maximum absolute atomic E-state index is 13.8. The van der Waals surface area contributed by atoms with E-state index < -0.39 is 18.1 Å². The molecular formula is C28H23N3O4S. The van der Waals surface area contributed by atoms with Crippen molar-refractivity contribution >= 4 is 36.1 Å². The summed E-state index contributed by atoms with van der Waals surface area (Å²) in [5.41, 5.74) is 3.38. The first-order chi connectivity index (χ1) is 17.7. The highest BCUT2D eigenvalue weighted by atomic mass is 32.2. The summed E-state index contributed by atoms with van der Waals surface area (Å²) in [4.78, 5) is 43.3. The summed E-state index contributed by atoms with van der Waals surface area (Å²) in [7, 11) is 0. The summed E-state index contributed by atoms with van der Waals surface area (Å²) in [5, 5.41) is 2.19. The molecule has 8 heteroatoms. The number of nitrogens with one attached hydrogen (secondary N) is 1. The molecule has 0 unspecified atom stereocenters. The van der Waals surface area contributed by atoms with E-state index in [9.17, 15) is 14.4 Å². The number of benzene rings is 2. The molecule has 3 heterocycles. The Morgan fingerprint density at radius 3 is 2.33 bits per heavy atom. The molecule has 2 amide bonds. The summed E-state index contributed by atoms with van der Waals surface area (Å²) in [6.45, 7) is 0. The third kappa shape index (κ3) is 4.67. The van der Waals surface area contributed by atoms with Crippen LogP contribution in [0.3, 0.4) is 0 Å². The van der Waals surface area contributed by atoms with Crippen LogP contribution in [0.15, 0.2) is 103 Å². The number of carbonyl (C=O) groups is 3. The zero-order chi connectivity index (χ0) is 24.9. The van der Waals surface area contributed by atoms with Crippen LogP contribution in [0.25, 0.3) is 6.08 Å². The summed E-state index contributed by atoms with van der Waals surface area (Å²) in [5.74, 6) is -0.454. The fourth-order valence-electron chi connectivity index (χ4n) is 4.27. The molecule has 0 spiro atoms. The SMILES string of the molecule is O=CN[C@@H]1C(=O)N2C(C(=O)OC(c3ccccc3)c3ccccc3)=C(/C=C/c3cccnc3)CS[C@@H]12. The second-order valence-electron chi connectivity index (χ2n) is 8.27. The van der Waals surface area contributed by atoms with E-state index in [1.165, 1.54) is 16.7 Å². The first-order valence-corrected chi connectivity index (χ1v) is 12.5. The van der Waals surface area contributed by atoms with Crippen LogP contribution >= 0.6 is 11.8 Å². The Morgan fingerprint density at radius 2 is 1.72 bits per heavy atom. The van der Waals surface area contributed by atoms with E-state index >= 15 is 0 Å². The van der Waals surface area contributed by atoms with Gasteiger partial charge in [-0.3, -0.25) is 19.5 Å². The van der Waals surface area contributed by atoms with Crippen LogP contribution in [0.1, 0.15) is 22.8 Å². The molecule has 1 N–H and O–H groups in total. The van der Waals surface area contributed by atoms with Gasteiger partial charge in [-0.15, -0.1) is 11.8 Å². The van der Waals surface area contributed by atoms with E-state index in [0.29, 0.717) is 17.7 Å². The monoisotopic (exact) mass is 497 g/mol. The number of rotatable bonds is 8. The summed E-state index contributed by atoms with van der Waals surface area (Å²) in [6, 6.07) is 22.0. The van der Waals surface area contributed by atoms with Gasteiger partial charge in [0.15, 0.2) is 6.10 Å². The highest BCUT2D eigenvalue weighted by molar-refractivity contribution is 8.00. The predicted molar refractivity (Wildman–Crippen MR) is 137 cm³/mol. The van der Waals surface area contributed by atoms with Crippen molar-refractivity contribution in [1.82, 2.24) is 15.2 Å². The van der Waals surface area contributed by atoms with E-state index in [2.05, 4.69) is 10.3 Å². The molecule has 3 aromatic rings. The van der Waals surface area contributed by atoms with Crippen molar-refractivity contribution in [1.29, 1.82) is 0 Å². The maximum atomic E-state index is 13.8. The van der Waals surface area contributed by atoms with E-state index in [4.69, 9.17) is 4.74 Å². The van der Waals surface area contributed by atoms with E-state index in [1.54, 1.807) is 12.4 Å². The first-order valence-electron chi connectivity index (χ1n) is 11.4. The average Bonchev–Trinajstić information content (AvgIpc) is 2.94. The quantitative estimate of drug-likeness (QED) is 0.290. The van der Waals surface area contributed by atoms with Crippen LogP contribution in [-0.4, -0.2) is 45.3 Å². The second kappa shape index (κ2) is 10.6. The van der Waals surface area contributed by atoms with Crippen LogP contribution in [0.4, 0.5) is 0 Å². The number of fused-ring (bicyclic) bond motifs is 1. The lowest BCUT2D eigenvalue weighted by Crippen LogP contribution is -2.69. The lowest BCUT2D eigenvalue weighted by molar-refractivity contribution is -0.154. The van der Waals surface area contributed by atoms with Crippen LogP contribution in [0, 0.1) is 0 Å². The third-order valence-electron chi connectivity index (χ3n) is 6.03. The van der Waals surface area contributed by atoms with Gasteiger partial charge in [0, 0.05) is 18.1 Å². The molecule has 0 aliphatic carbocycles. The molecule has 5 rings (SSSR count). The third-order valence-corrected chi connectivity index (χ3v) is 7.33. The Kier molecular flexibility index (Phi) is 6.95. The fourth-order valence-corrected chi connectivity index (χ4v) is 5.60. The van der Waals surface area contributed by atoms with Crippen LogP contribution in [-0.2, 0) is 19.1 Å². The largest absolute Gasteiger partial charge is 0.448 e. The summed E-state index contributed by atoms with van der Waals surface area (Å²) >= 11 is 1.49. The molecule has 180 valence electrons. The molecule has 2 atom stereocenters.